The molecule has 0 aliphatic rings. The summed E-state index contributed by atoms with van der Waals surface area (Å²) in [4.78, 5) is 26.5. The van der Waals surface area contributed by atoms with E-state index in [4.69, 9.17) is 9.05 Å². The summed E-state index contributed by atoms with van der Waals surface area (Å²) in [6, 6.07) is 26.6. The molecule has 4 aromatic heterocycles. The molecule has 0 aliphatic heterocycles. The molecule has 51 heavy (non-hydrogen) atoms. The van der Waals surface area contributed by atoms with Gasteiger partial charge in [0, 0.05) is 22.4 Å². The van der Waals surface area contributed by atoms with Crippen molar-refractivity contribution < 1.29 is 27.4 Å². The number of carbonyl (C=O) groups is 2. The number of amides is 2. The minimum atomic E-state index is -0.559. The maximum Gasteiger partial charge on any atom is 0.295 e. The monoisotopic (exact) mass is 684 g/mol. The molecular formula is C37H26F2N8O4. The highest BCUT2D eigenvalue weighted by Gasteiger charge is 2.21. The van der Waals surface area contributed by atoms with Crippen LogP contribution in [0.3, 0.4) is 0 Å². The number of aromatic nitrogens is 6. The van der Waals surface area contributed by atoms with Gasteiger partial charge in [-0.25, -0.2) is 8.78 Å². The number of hydrogen-bond acceptors (Lipinski definition) is 8. The minimum Gasteiger partial charge on any atom is -0.364 e. The largest absolute Gasteiger partial charge is 0.364 e. The van der Waals surface area contributed by atoms with Gasteiger partial charge >= 0.3 is 0 Å². The van der Waals surface area contributed by atoms with Crippen LogP contribution in [0.15, 0.2) is 112 Å². The second kappa shape index (κ2) is 12.8. The second-order valence-electron chi connectivity index (χ2n) is 11.8. The lowest BCUT2D eigenvalue weighted by atomic mass is 10.1. The fourth-order valence-electron chi connectivity index (χ4n) is 5.79. The van der Waals surface area contributed by atoms with Gasteiger partial charge in [-0.1, -0.05) is 52.8 Å². The van der Waals surface area contributed by atoms with E-state index in [-0.39, 0.29) is 28.8 Å². The Hall–Kier alpha value is -6.96. The predicted molar refractivity (Wildman–Crippen MR) is 183 cm³/mol. The molecule has 8 aromatic rings. The first-order chi connectivity index (χ1) is 24.8. The molecule has 0 saturated carbocycles. The van der Waals surface area contributed by atoms with E-state index in [9.17, 15) is 18.4 Å². The molecular weight excluding hydrogens is 658 g/mol. The van der Waals surface area contributed by atoms with Gasteiger partial charge in [-0.3, -0.25) is 19.0 Å². The van der Waals surface area contributed by atoms with Crippen LogP contribution >= 0.6 is 0 Å². The number of para-hydroxylation sites is 1. The van der Waals surface area contributed by atoms with Crippen molar-refractivity contribution in [2.45, 2.75) is 20.0 Å². The number of hydrogen-bond donors (Lipinski definition) is 2. The van der Waals surface area contributed by atoms with Crippen LogP contribution in [0.25, 0.3) is 33.1 Å². The third kappa shape index (κ3) is 6.21. The third-order valence-electron chi connectivity index (χ3n) is 8.39. The highest BCUT2D eigenvalue weighted by Crippen LogP contribution is 2.31. The number of rotatable bonds is 9. The van der Waals surface area contributed by atoms with E-state index in [0.29, 0.717) is 52.1 Å². The average molecular weight is 685 g/mol. The molecule has 4 heterocycles. The molecule has 4 aromatic carbocycles. The van der Waals surface area contributed by atoms with Gasteiger partial charge in [-0.2, -0.15) is 10.2 Å². The van der Waals surface area contributed by atoms with Crippen LogP contribution in [0, 0.1) is 18.6 Å². The summed E-state index contributed by atoms with van der Waals surface area (Å²) in [5.74, 6) is -1.15. The number of nitrogens with zero attached hydrogens (tertiary/aromatic N) is 6. The zero-order chi connectivity index (χ0) is 35.1. The molecule has 0 aliphatic carbocycles. The van der Waals surface area contributed by atoms with Crippen molar-refractivity contribution >= 4 is 45.3 Å². The maximum absolute atomic E-state index is 13.6. The summed E-state index contributed by atoms with van der Waals surface area (Å²) < 4.78 is 40.9. The van der Waals surface area contributed by atoms with Gasteiger partial charge in [0.05, 0.1) is 29.8 Å². The Labute approximate surface area is 287 Å². The van der Waals surface area contributed by atoms with E-state index in [2.05, 4.69) is 31.1 Å². The molecule has 8 rings (SSSR count). The van der Waals surface area contributed by atoms with Gasteiger partial charge in [-0.15, -0.1) is 0 Å². The lowest BCUT2D eigenvalue weighted by molar-refractivity contribution is 0.0986. The number of benzene rings is 4. The Morgan fingerprint density at radius 2 is 1.31 bits per heavy atom. The third-order valence-corrected chi connectivity index (χ3v) is 8.39. The summed E-state index contributed by atoms with van der Waals surface area (Å²) >= 11 is 0. The molecule has 2 amide bonds. The SMILES string of the molecule is Cc1nocc1C(=O)Nc1nn(Cc2ccc(F)cc2)c2ccc(-c3cc(C(=O)Nc4nn(Cc5ccc(F)cc5)c5ccccc45)on3)cc12. The Kier molecular flexibility index (Phi) is 7.87. The topological polar surface area (TPSA) is 146 Å². The molecule has 0 fully saturated rings. The number of carbonyl (C=O) groups excluding carboxylic acids is 2. The Morgan fingerprint density at radius 1 is 0.706 bits per heavy atom. The Morgan fingerprint density at radius 3 is 1.96 bits per heavy atom. The first-order valence-electron chi connectivity index (χ1n) is 15.7. The Balaban J connectivity index is 1.08. The highest BCUT2D eigenvalue weighted by molar-refractivity contribution is 6.09. The van der Waals surface area contributed by atoms with Gasteiger partial charge < -0.3 is 19.7 Å². The van der Waals surface area contributed by atoms with Crippen LogP contribution in [-0.4, -0.2) is 41.7 Å². The van der Waals surface area contributed by atoms with E-state index in [0.717, 1.165) is 16.6 Å². The van der Waals surface area contributed by atoms with Crippen molar-refractivity contribution in [3.63, 3.8) is 0 Å². The minimum absolute atomic E-state index is 0.0503. The predicted octanol–water partition coefficient (Wildman–Crippen LogP) is 7.22. The summed E-state index contributed by atoms with van der Waals surface area (Å²) in [5.41, 5.74) is 4.76. The summed E-state index contributed by atoms with van der Waals surface area (Å²) in [7, 11) is 0. The van der Waals surface area contributed by atoms with E-state index >= 15 is 0 Å². The second-order valence-corrected chi connectivity index (χ2v) is 11.8. The molecule has 0 unspecified atom stereocenters. The standard InChI is InChI=1S/C37H26F2N8O4/c1-21-29(20-50-44-21)36(48)40-35-28-16-24(10-15-32(28)47(43-35)19-23-8-13-26(39)14-9-23)30-17-33(51-45-30)37(49)41-34-27-4-2-3-5-31(27)46(42-34)18-22-6-11-25(38)12-7-22/h2-17,20H,18-19H2,1H3,(H,40,43,48)(H,41,42,49). The van der Waals surface area contributed by atoms with Crippen molar-refractivity contribution in [1.29, 1.82) is 0 Å². The zero-order valence-electron chi connectivity index (χ0n) is 26.8. The molecule has 2 N–H and O–H groups in total. The molecule has 0 spiro atoms. The fraction of sp³-hybridized carbons (Fsp3) is 0.0811. The van der Waals surface area contributed by atoms with Crippen LogP contribution in [0.2, 0.25) is 0 Å². The lowest BCUT2D eigenvalue weighted by Crippen LogP contribution is -2.13. The summed E-state index contributed by atoms with van der Waals surface area (Å²) in [6.45, 7) is 2.33. The maximum atomic E-state index is 13.6. The van der Waals surface area contributed by atoms with E-state index in [1.807, 2.05) is 30.3 Å². The molecule has 0 atom stereocenters. The van der Waals surface area contributed by atoms with Gasteiger partial charge in [0.15, 0.2) is 11.6 Å². The molecule has 12 nitrogen and oxygen atoms in total. The van der Waals surface area contributed by atoms with Gasteiger partial charge in [0.1, 0.15) is 29.2 Å². The van der Waals surface area contributed by atoms with Gasteiger partial charge in [0.25, 0.3) is 11.8 Å². The van der Waals surface area contributed by atoms with Gasteiger partial charge in [-0.05, 0) is 66.6 Å². The average Bonchev–Trinajstić information content (AvgIpc) is 3.94. The summed E-state index contributed by atoms with van der Waals surface area (Å²) in [6.07, 6.45) is 1.26. The first-order valence-corrected chi connectivity index (χ1v) is 15.7. The molecule has 0 radical (unpaired) electrons. The van der Waals surface area contributed by atoms with E-state index < -0.39 is 11.8 Å². The lowest BCUT2D eigenvalue weighted by Gasteiger charge is -2.04. The molecule has 0 bridgehead atoms. The number of aryl methyl sites for hydroxylation is 1. The van der Waals surface area contributed by atoms with Crippen molar-refractivity contribution in [2.24, 2.45) is 0 Å². The summed E-state index contributed by atoms with van der Waals surface area (Å²) in [5, 5.41) is 24.2. The van der Waals surface area contributed by atoms with Crippen molar-refractivity contribution in [2.75, 3.05) is 10.6 Å². The number of halogens is 2. The smallest absolute Gasteiger partial charge is 0.295 e. The zero-order valence-corrected chi connectivity index (χ0v) is 26.8. The van der Waals surface area contributed by atoms with Crippen LogP contribution in [0.5, 0.6) is 0 Å². The van der Waals surface area contributed by atoms with Gasteiger partial charge in [0.2, 0.25) is 5.76 Å². The normalized spacial score (nSPS) is 11.4. The number of nitrogens with one attached hydrogen (secondary N) is 2. The number of fused-ring (bicyclic) bond motifs is 2. The quantitative estimate of drug-likeness (QED) is 0.162. The molecule has 252 valence electrons. The Bertz CT molecular complexity index is 2570. The van der Waals surface area contributed by atoms with Crippen LogP contribution < -0.4 is 10.6 Å². The van der Waals surface area contributed by atoms with E-state index in [1.165, 1.54) is 36.6 Å². The van der Waals surface area contributed by atoms with Crippen molar-refractivity contribution in [3.8, 4) is 11.3 Å². The van der Waals surface area contributed by atoms with Crippen molar-refractivity contribution in [3.05, 3.63) is 143 Å². The number of anilines is 2. The van der Waals surface area contributed by atoms with Crippen LogP contribution in [-0.2, 0) is 13.1 Å². The van der Waals surface area contributed by atoms with Crippen LogP contribution in [0.4, 0.5) is 20.4 Å². The first kappa shape index (κ1) is 31.3. The highest BCUT2D eigenvalue weighted by atomic mass is 19.1. The van der Waals surface area contributed by atoms with Crippen LogP contribution in [0.1, 0.15) is 37.7 Å². The molecule has 14 heteroatoms. The van der Waals surface area contributed by atoms with Crippen molar-refractivity contribution in [1.82, 2.24) is 29.9 Å². The molecule has 0 saturated heterocycles. The van der Waals surface area contributed by atoms with E-state index in [1.54, 1.807) is 52.7 Å². The fourth-order valence-corrected chi connectivity index (χ4v) is 5.79.